The second kappa shape index (κ2) is 3.59. The number of aromatic amines is 1. The van der Waals surface area contributed by atoms with Crippen LogP contribution in [0.2, 0.25) is 0 Å². The third-order valence-electron chi connectivity index (χ3n) is 2.49. The Morgan fingerprint density at radius 1 is 1.38 bits per heavy atom. The summed E-state index contributed by atoms with van der Waals surface area (Å²) >= 11 is 5.34. The molecule has 0 atom stereocenters. The number of H-pyrrole nitrogens is 1. The van der Waals surface area contributed by atoms with Crippen LogP contribution in [0.3, 0.4) is 0 Å². The van der Waals surface area contributed by atoms with Crippen molar-refractivity contribution < 1.29 is 0 Å². The Balaban J connectivity index is 2.55. The minimum Gasteiger partial charge on any atom is -0.295 e. The Kier molecular flexibility index (Phi) is 2.50. The predicted molar refractivity (Wildman–Crippen MR) is 66.8 cm³/mol. The molecular weight excluding hydrogens is 220 g/mol. The maximum Gasteiger partial charge on any atom is 0.123 e. The zero-order chi connectivity index (χ0) is 11.9. The van der Waals surface area contributed by atoms with Gasteiger partial charge in [-0.3, -0.25) is 14.5 Å². The summed E-state index contributed by atoms with van der Waals surface area (Å²) in [7, 11) is 1.92. The third kappa shape index (κ3) is 1.82. The summed E-state index contributed by atoms with van der Waals surface area (Å²) in [4.78, 5) is 0. The molecular formula is C11H16N4S. The van der Waals surface area contributed by atoms with Crippen molar-refractivity contribution >= 4 is 12.2 Å². The summed E-state index contributed by atoms with van der Waals surface area (Å²) < 4.78 is 4.63. The highest BCUT2D eigenvalue weighted by atomic mass is 32.1. The minimum absolute atomic E-state index is 0.0338. The van der Waals surface area contributed by atoms with E-state index in [-0.39, 0.29) is 5.54 Å². The van der Waals surface area contributed by atoms with E-state index in [4.69, 9.17) is 12.2 Å². The second-order valence-corrected chi connectivity index (χ2v) is 5.27. The highest BCUT2D eigenvalue weighted by Gasteiger charge is 2.16. The van der Waals surface area contributed by atoms with Gasteiger partial charge in [0.1, 0.15) is 4.64 Å². The quantitative estimate of drug-likeness (QED) is 0.773. The van der Waals surface area contributed by atoms with Gasteiger partial charge in [-0.1, -0.05) is 12.2 Å². The van der Waals surface area contributed by atoms with E-state index in [1.54, 1.807) is 6.20 Å². The van der Waals surface area contributed by atoms with E-state index in [9.17, 15) is 0 Å². The van der Waals surface area contributed by atoms with Crippen molar-refractivity contribution in [2.24, 2.45) is 7.05 Å². The fourth-order valence-electron chi connectivity index (χ4n) is 1.66. The second-order valence-electron chi connectivity index (χ2n) is 4.85. The van der Waals surface area contributed by atoms with Crippen molar-refractivity contribution in [3.8, 4) is 11.4 Å². The van der Waals surface area contributed by atoms with Crippen LogP contribution < -0.4 is 0 Å². The average molecular weight is 236 g/mol. The van der Waals surface area contributed by atoms with Crippen LogP contribution in [0.1, 0.15) is 20.8 Å². The molecule has 2 rings (SSSR count). The highest BCUT2D eigenvalue weighted by molar-refractivity contribution is 7.71. The molecule has 0 radical (unpaired) electrons. The van der Waals surface area contributed by atoms with Gasteiger partial charge in [0.15, 0.2) is 0 Å². The van der Waals surface area contributed by atoms with Gasteiger partial charge in [-0.2, -0.15) is 5.10 Å². The Bertz CT molecular complexity index is 553. The molecule has 0 aliphatic carbocycles. The molecule has 5 heteroatoms. The molecule has 2 aromatic heterocycles. The fourth-order valence-corrected chi connectivity index (χ4v) is 2.10. The van der Waals surface area contributed by atoms with Crippen LogP contribution in [0.4, 0.5) is 0 Å². The van der Waals surface area contributed by atoms with Gasteiger partial charge in [-0.05, 0) is 26.8 Å². The van der Waals surface area contributed by atoms with Gasteiger partial charge in [0.05, 0.1) is 16.9 Å². The number of rotatable bonds is 1. The zero-order valence-corrected chi connectivity index (χ0v) is 10.8. The molecule has 0 aromatic carbocycles. The van der Waals surface area contributed by atoms with E-state index < -0.39 is 0 Å². The normalized spacial score (nSPS) is 12.0. The Morgan fingerprint density at radius 2 is 2.06 bits per heavy atom. The third-order valence-corrected chi connectivity index (χ3v) is 2.79. The van der Waals surface area contributed by atoms with Crippen LogP contribution in [0.5, 0.6) is 0 Å². The molecule has 0 unspecified atom stereocenters. The smallest absolute Gasteiger partial charge is 0.123 e. The summed E-state index contributed by atoms with van der Waals surface area (Å²) in [5, 5.41) is 7.46. The van der Waals surface area contributed by atoms with Gasteiger partial charge in [-0.25, -0.2) is 0 Å². The van der Waals surface area contributed by atoms with Crippen LogP contribution >= 0.6 is 12.2 Å². The van der Waals surface area contributed by atoms with Gasteiger partial charge in [0.25, 0.3) is 0 Å². The molecule has 0 saturated carbocycles. The van der Waals surface area contributed by atoms with Crippen molar-refractivity contribution in [3.05, 3.63) is 23.0 Å². The molecule has 0 aliphatic heterocycles. The van der Waals surface area contributed by atoms with Gasteiger partial charge in [-0.15, -0.1) is 0 Å². The number of aromatic nitrogens is 4. The Morgan fingerprint density at radius 3 is 2.50 bits per heavy atom. The van der Waals surface area contributed by atoms with E-state index in [0.717, 1.165) is 16.0 Å². The van der Waals surface area contributed by atoms with E-state index >= 15 is 0 Å². The maximum atomic E-state index is 5.34. The Labute approximate surface area is 99.9 Å². The lowest BCUT2D eigenvalue weighted by Crippen LogP contribution is -2.23. The lowest BCUT2D eigenvalue weighted by atomic mass is 10.1. The van der Waals surface area contributed by atoms with Crippen LogP contribution in [0.15, 0.2) is 18.3 Å². The molecule has 2 heterocycles. The SMILES string of the molecule is Cn1nccc1-c1cc(=S)n(C(C)(C)C)[nH]1. The molecule has 16 heavy (non-hydrogen) atoms. The summed E-state index contributed by atoms with van der Waals surface area (Å²) in [5.41, 5.74) is 2.00. The first kappa shape index (κ1) is 11.1. The van der Waals surface area contributed by atoms with Crippen LogP contribution in [0, 0.1) is 4.64 Å². The molecule has 4 nitrogen and oxygen atoms in total. The summed E-state index contributed by atoms with van der Waals surface area (Å²) in [6.07, 6.45) is 1.78. The summed E-state index contributed by atoms with van der Waals surface area (Å²) in [5.74, 6) is 0. The lowest BCUT2D eigenvalue weighted by molar-refractivity contribution is 0.352. The van der Waals surface area contributed by atoms with Crippen LogP contribution in [0.25, 0.3) is 11.4 Å². The average Bonchev–Trinajstić information content (AvgIpc) is 2.70. The summed E-state index contributed by atoms with van der Waals surface area (Å²) in [6.45, 7) is 6.35. The number of hydrogen-bond donors (Lipinski definition) is 1. The van der Waals surface area contributed by atoms with E-state index in [1.165, 1.54) is 0 Å². The minimum atomic E-state index is -0.0338. The fraction of sp³-hybridized carbons (Fsp3) is 0.455. The van der Waals surface area contributed by atoms with Gasteiger partial charge in [0, 0.05) is 19.3 Å². The number of hydrogen-bond acceptors (Lipinski definition) is 2. The zero-order valence-electron chi connectivity index (χ0n) is 9.98. The summed E-state index contributed by atoms with van der Waals surface area (Å²) in [6, 6.07) is 3.94. The highest BCUT2D eigenvalue weighted by Crippen LogP contribution is 2.20. The first-order valence-corrected chi connectivity index (χ1v) is 5.61. The molecule has 0 aliphatic rings. The standard InChI is InChI=1S/C11H16N4S/c1-11(2,3)15-10(16)7-8(13-15)9-5-6-12-14(9)4/h5-7,13H,1-4H3. The molecule has 0 fully saturated rings. The number of nitrogens with one attached hydrogen (secondary N) is 1. The number of aryl methyl sites for hydroxylation is 1. The van der Waals surface area contributed by atoms with Crippen LogP contribution in [-0.2, 0) is 12.6 Å². The molecule has 0 saturated heterocycles. The van der Waals surface area contributed by atoms with E-state index in [1.807, 2.05) is 28.5 Å². The molecule has 0 bridgehead atoms. The predicted octanol–water partition coefficient (Wildman–Crippen LogP) is 2.70. The van der Waals surface area contributed by atoms with E-state index in [0.29, 0.717) is 0 Å². The van der Waals surface area contributed by atoms with Gasteiger partial charge < -0.3 is 0 Å². The van der Waals surface area contributed by atoms with Crippen molar-refractivity contribution in [1.82, 2.24) is 19.6 Å². The number of nitrogens with zero attached hydrogens (tertiary/aromatic N) is 3. The topological polar surface area (TPSA) is 38.5 Å². The molecule has 1 N–H and O–H groups in total. The van der Waals surface area contributed by atoms with Gasteiger partial charge >= 0.3 is 0 Å². The molecule has 2 aromatic rings. The lowest BCUT2D eigenvalue weighted by Gasteiger charge is -2.20. The Hall–Kier alpha value is -1.36. The maximum absolute atomic E-state index is 5.34. The first-order chi connectivity index (χ1) is 7.39. The van der Waals surface area contributed by atoms with Crippen molar-refractivity contribution in [1.29, 1.82) is 0 Å². The largest absolute Gasteiger partial charge is 0.295 e. The first-order valence-electron chi connectivity index (χ1n) is 5.20. The molecule has 0 amide bonds. The molecule has 86 valence electrons. The molecule has 0 spiro atoms. The van der Waals surface area contributed by atoms with E-state index in [2.05, 4.69) is 31.0 Å². The van der Waals surface area contributed by atoms with Crippen molar-refractivity contribution in [2.45, 2.75) is 26.3 Å². The van der Waals surface area contributed by atoms with Crippen LogP contribution in [-0.4, -0.2) is 19.6 Å². The van der Waals surface area contributed by atoms with Crippen molar-refractivity contribution in [3.63, 3.8) is 0 Å². The van der Waals surface area contributed by atoms with Crippen molar-refractivity contribution in [2.75, 3.05) is 0 Å². The van der Waals surface area contributed by atoms with Gasteiger partial charge in [0.2, 0.25) is 0 Å². The monoisotopic (exact) mass is 236 g/mol.